The lowest BCUT2D eigenvalue weighted by atomic mass is 10.0. The first kappa shape index (κ1) is 9.54. The van der Waals surface area contributed by atoms with E-state index in [0.29, 0.717) is 6.04 Å². The Bertz CT molecular complexity index is 503. The molecule has 1 aliphatic heterocycles. The predicted molar refractivity (Wildman–Crippen MR) is 60.7 cm³/mol. The number of nitrogens with one attached hydrogen (secondary N) is 1. The number of benzene rings is 1. The first-order chi connectivity index (χ1) is 7.83. The summed E-state index contributed by atoms with van der Waals surface area (Å²) in [4.78, 5) is 0. The summed E-state index contributed by atoms with van der Waals surface area (Å²) in [6.45, 7) is 0.959. The van der Waals surface area contributed by atoms with Gasteiger partial charge in [0.1, 0.15) is 0 Å². The molecule has 1 atom stereocenters. The zero-order valence-electron chi connectivity index (χ0n) is 9.22. The summed E-state index contributed by atoms with van der Waals surface area (Å²) in [5, 5.41) is 11.6. The van der Waals surface area contributed by atoms with E-state index in [4.69, 9.17) is 0 Å². The Morgan fingerprint density at radius 3 is 3.12 bits per heavy atom. The average molecular weight is 214 g/mol. The number of aromatic nitrogens is 3. The van der Waals surface area contributed by atoms with Crippen molar-refractivity contribution in [3.63, 3.8) is 0 Å². The average Bonchev–Trinajstić information content (AvgIpc) is 2.87. The molecule has 1 aromatic heterocycles. The number of hydrogen-bond donors (Lipinski definition) is 1. The van der Waals surface area contributed by atoms with Crippen LogP contribution >= 0.6 is 0 Å². The molecule has 3 rings (SSSR count). The molecule has 82 valence electrons. The molecule has 2 aromatic rings. The van der Waals surface area contributed by atoms with Gasteiger partial charge < -0.3 is 5.32 Å². The van der Waals surface area contributed by atoms with Crippen LogP contribution in [0.1, 0.15) is 22.9 Å². The third-order valence-electron chi connectivity index (χ3n) is 3.03. The second-order valence-corrected chi connectivity index (χ2v) is 4.22. The Hall–Kier alpha value is -1.68. The van der Waals surface area contributed by atoms with Crippen LogP contribution < -0.4 is 5.32 Å². The second kappa shape index (κ2) is 3.72. The Morgan fingerprint density at radius 2 is 2.31 bits per heavy atom. The largest absolute Gasteiger partial charge is 0.305 e. The van der Waals surface area contributed by atoms with Crippen molar-refractivity contribution in [2.75, 3.05) is 0 Å². The Labute approximate surface area is 94.3 Å². The molecule has 0 spiro atoms. The lowest BCUT2D eigenvalue weighted by molar-refractivity contribution is 0.573. The van der Waals surface area contributed by atoms with E-state index in [1.807, 2.05) is 13.2 Å². The first-order valence-corrected chi connectivity index (χ1v) is 5.49. The van der Waals surface area contributed by atoms with Crippen molar-refractivity contribution in [1.82, 2.24) is 20.3 Å². The van der Waals surface area contributed by atoms with Gasteiger partial charge in [-0.05, 0) is 11.1 Å². The molecule has 0 amide bonds. The minimum atomic E-state index is 0.382. The molecule has 16 heavy (non-hydrogen) atoms. The van der Waals surface area contributed by atoms with E-state index in [9.17, 15) is 0 Å². The predicted octanol–water partition coefficient (Wildman–Crippen LogP) is 1.20. The molecular weight excluding hydrogens is 200 g/mol. The highest BCUT2D eigenvalue weighted by atomic mass is 15.4. The van der Waals surface area contributed by atoms with Gasteiger partial charge in [-0.15, -0.1) is 5.10 Å². The van der Waals surface area contributed by atoms with Gasteiger partial charge >= 0.3 is 0 Å². The van der Waals surface area contributed by atoms with Gasteiger partial charge in [-0.25, -0.2) is 0 Å². The SMILES string of the molecule is Cn1cc(CC2NCc3ccccc32)nn1. The van der Waals surface area contributed by atoms with Gasteiger partial charge in [-0.1, -0.05) is 29.5 Å². The number of aryl methyl sites for hydroxylation is 1. The lowest BCUT2D eigenvalue weighted by Gasteiger charge is -2.09. The van der Waals surface area contributed by atoms with Crippen LogP contribution in [0.25, 0.3) is 0 Å². The fourth-order valence-electron chi connectivity index (χ4n) is 2.26. The molecule has 0 radical (unpaired) electrons. The van der Waals surface area contributed by atoms with Crippen LogP contribution in [0.3, 0.4) is 0 Å². The van der Waals surface area contributed by atoms with Gasteiger partial charge in [0.05, 0.1) is 5.69 Å². The van der Waals surface area contributed by atoms with Crippen LogP contribution in [-0.2, 0) is 20.0 Å². The Balaban J connectivity index is 1.83. The van der Waals surface area contributed by atoms with Crippen molar-refractivity contribution in [2.45, 2.75) is 19.0 Å². The normalized spacial score (nSPS) is 18.7. The smallest absolute Gasteiger partial charge is 0.0845 e. The fourth-order valence-corrected chi connectivity index (χ4v) is 2.26. The van der Waals surface area contributed by atoms with Crippen molar-refractivity contribution in [3.05, 3.63) is 47.3 Å². The maximum Gasteiger partial charge on any atom is 0.0845 e. The van der Waals surface area contributed by atoms with Crippen LogP contribution in [0, 0.1) is 0 Å². The molecule has 0 saturated carbocycles. The molecule has 0 fully saturated rings. The third kappa shape index (κ3) is 1.61. The molecule has 0 aliphatic carbocycles. The van der Waals surface area contributed by atoms with E-state index in [1.54, 1.807) is 4.68 Å². The van der Waals surface area contributed by atoms with Crippen LogP contribution in [-0.4, -0.2) is 15.0 Å². The highest BCUT2D eigenvalue weighted by molar-refractivity contribution is 5.34. The molecule has 1 aliphatic rings. The molecule has 0 bridgehead atoms. The fraction of sp³-hybridized carbons (Fsp3) is 0.333. The van der Waals surface area contributed by atoms with Crippen molar-refractivity contribution < 1.29 is 0 Å². The van der Waals surface area contributed by atoms with Gasteiger partial charge in [0.15, 0.2) is 0 Å². The maximum atomic E-state index is 4.13. The quantitative estimate of drug-likeness (QED) is 0.817. The van der Waals surface area contributed by atoms with E-state index >= 15 is 0 Å². The van der Waals surface area contributed by atoms with E-state index in [0.717, 1.165) is 18.7 Å². The summed E-state index contributed by atoms with van der Waals surface area (Å²) in [6, 6.07) is 8.93. The summed E-state index contributed by atoms with van der Waals surface area (Å²) in [6.07, 6.45) is 2.88. The van der Waals surface area contributed by atoms with E-state index < -0.39 is 0 Å². The van der Waals surface area contributed by atoms with Crippen LogP contribution in [0.5, 0.6) is 0 Å². The van der Waals surface area contributed by atoms with Gasteiger partial charge in [0.2, 0.25) is 0 Å². The summed E-state index contributed by atoms with van der Waals surface area (Å²) >= 11 is 0. The van der Waals surface area contributed by atoms with E-state index in [2.05, 4.69) is 39.9 Å². The van der Waals surface area contributed by atoms with Crippen molar-refractivity contribution in [1.29, 1.82) is 0 Å². The standard InChI is InChI=1S/C12H14N4/c1-16-8-10(14-15-16)6-12-11-5-3-2-4-9(11)7-13-12/h2-5,8,12-13H,6-7H2,1H3. The summed E-state index contributed by atoms with van der Waals surface area (Å²) in [5.41, 5.74) is 3.83. The number of fused-ring (bicyclic) bond motifs is 1. The molecule has 1 unspecified atom stereocenters. The van der Waals surface area contributed by atoms with Crippen LogP contribution in [0.2, 0.25) is 0 Å². The van der Waals surface area contributed by atoms with Crippen molar-refractivity contribution in [2.24, 2.45) is 7.05 Å². The molecule has 1 aromatic carbocycles. The van der Waals surface area contributed by atoms with Gasteiger partial charge in [-0.2, -0.15) is 0 Å². The van der Waals surface area contributed by atoms with Crippen molar-refractivity contribution in [3.8, 4) is 0 Å². The summed E-state index contributed by atoms with van der Waals surface area (Å²) in [5.74, 6) is 0. The van der Waals surface area contributed by atoms with Gasteiger partial charge in [0.25, 0.3) is 0 Å². The number of nitrogens with zero attached hydrogens (tertiary/aromatic N) is 3. The van der Waals surface area contributed by atoms with E-state index in [1.165, 1.54) is 11.1 Å². The zero-order chi connectivity index (χ0) is 11.0. The van der Waals surface area contributed by atoms with Crippen LogP contribution in [0.4, 0.5) is 0 Å². The summed E-state index contributed by atoms with van der Waals surface area (Å²) < 4.78 is 1.75. The minimum absolute atomic E-state index is 0.382. The van der Waals surface area contributed by atoms with Crippen LogP contribution in [0.15, 0.2) is 30.5 Å². The topological polar surface area (TPSA) is 42.7 Å². The molecule has 4 heteroatoms. The minimum Gasteiger partial charge on any atom is -0.305 e. The molecule has 2 heterocycles. The highest BCUT2D eigenvalue weighted by Crippen LogP contribution is 2.27. The highest BCUT2D eigenvalue weighted by Gasteiger charge is 2.22. The maximum absolute atomic E-state index is 4.13. The number of rotatable bonds is 2. The first-order valence-electron chi connectivity index (χ1n) is 5.49. The Kier molecular flexibility index (Phi) is 2.22. The monoisotopic (exact) mass is 214 g/mol. The van der Waals surface area contributed by atoms with Gasteiger partial charge in [0, 0.05) is 32.3 Å². The third-order valence-corrected chi connectivity index (χ3v) is 3.03. The van der Waals surface area contributed by atoms with Crippen molar-refractivity contribution >= 4 is 0 Å². The van der Waals surface area contributed by atoms with Gasteiger partial charge in [-0.3, -0.25) is 4.68 Å². The molecule has 4 nitrogen and oxygen atoms in total. The zero-order valence-corrected chi connectivity index (χ0v) is 9.22. The van der Waals surface area contributed by atoms with E-state index in [-0.39, 0.29) is 0 Å². The molecular formula is C12H14N4. The molecule has 1 N–H and O–H groups in total. The Morgan fingerprint density at radius 1 is 1.44 bits per heavy atom. The lowest BCUT2D eigenvalue weighted by Crippen LogP contribution is -2.14. The number of hydrogen-bond acceptors (Lipinski definition) is 3. The molecule has 0 saturated heterocycles. The summed E-state index contributed by atoms with van der Waals surface area (Å²) in [7, 11) is 1.90. The second-order valence-electron chi connectivity index (χ2n) is 4.22.